The number of hydrogen-bond acceptors (Lipinski definition) is 6. The monoisotopic (exact) mass is 319 g/mol. The van der Waals surface area contributed by atoms with E-state index in [1.54, 1.807) is 0 Å². The number of carbonyl (C=O) groups is 1. The molecule has 0 saturated heterocycles. The Labute approximate surface area is 128 Å². The maximum Gasteiger partial charge on any atom is 0.433 e. The molecular formula is C14H10FN3O5. The molecule has 0 radical (unpaired) electrons. The van der Waals surface area contributed by atoms with Crippen LogP contribution < -0.4 is 0 Å². The van der Waals surface area contributed by atoms with Crippen molar-refractivity contribution >= 4 is 17.7 Å². The minimum absolute atomic E-state index is 0.0627. The molecule has 23 heavy (non-hydrogen) atoms. The Kier molecular flexibility index (Phi) is 3.53. The fourth-order valence-electron chi connectivity index (χ4n) is 2.03. The van der Waals surface area contributed by atoms with Gasteiger partial charge in [-0.25, -0.2) is 4.39 Å². The van der Waals surface area contributed by atoms with Gasteiger partial charge in [-0.2, -0.15) is 5.01 Å². The molecular weight excluding hydrogens is 309 g/mol. The minimum Gasteiger partial charge on any atom is -0.442 e. The smallest absolute Gasteiger partial charge is 0.433 e. The lowest BCUT2D eigenvalue weighted by molar-refractivity contribution is -0.402. The van der Waals surface area contributed by atoms with E-state index in [0.717, 1.165) is 11.1 Å². The van der Waals surface area contributed by atoms with E-state index in [1.807, 2.05) is 0 Å². The quantitative estimate of drug-likeness (QED) is 0.639. The molecule has 1 aromatic carbocycles. The number of hydrogen-bond donors (Lipinski definition) is 0. The summed E-state index contributed by atoms with van der Waals surface area (Å²) in [5.74, 6) is -1.18. The summed E-state index contributed by atoms with van der Waals surface area (Å²) in [4.78, 5) is 21.7. The Morgan fingerprint density at radius 3 is 2.57 bits per heavy atom. The number of amides is 1. The highest BCUT2D eigenvalue weighted by Crippen LogP contribution is 2.32. The number of rotatable bonds is 3. The van der Waals surface area contributed by atoms with Crippen molar-refractivity contribution in [2.75, 3.05) is 0 Å². The molecule has 118 valence electrons. The first-order valence-corrected chi connectivity index (χ1v) is 6.51. The van der Waals surface area contributed by atoms with Crippen LogP contribution in [0.25, 0.3) is 0 Å². The molecule has 9 heteroatoms. The zero-order valence-corrected chi connectivity index (χ0v) is 11.8. The maximum atomic E-state index is 13.0. The van der Waals surface area contributed by atoms with Crippen molar-refractivity contribution < 1.29 is 23.3 Å². The summed E-state index contributed by atoms with van der Waals surface area (Å²) < 4.78 is 23.6. The molecule has 0 aliphatic carbocycles. The van der Waals surface area contributed by atoms with Gasteiger partial charge in [0.25, 0.3) is 6.23 Å². The Morgan fingerprint density at radius 2 is 2.00 bits per heavy atom. The zero-order chi connectivity index (χ0) is 16.6. The van der Waals surface area contributed by atoms with Crippen LogP contribution in [0.5, 0.6) is 0 Å². The van der Waals surface area contributed by atoms with Crippen LogP contribution >= 0.6 is 0 Å². The van der Waals surface area contributed by atoms with Crippen LogP contribution in [0.2, 0.25) is 0 Å². The number of benzene rings is 1. The average Bonchev–Trinajstić information content (AvgIpc) is 3.14. The highest BCUT2D eigenvalue weighted by molar-refractivity contribution is 5.96. The van der Waals surface area contributed by atoms with Gasteiger partial charge in [0, 0.05) is 12.5 Å². The molecule has 1 aliphatic heterocycles. The average molecular weight is 319 g/mol. The molecule has 0 N–H and O–H groups in total. The first-order chi connectivity index (χ1) is 11.0. The van der Waals surface area contributed by atoms with Crippen molar-refractivity contribution in [1.82, 2.24) is 5.01 Å². The summed E-state index contributed by atoms with van der Waals surface area (Å²) in [6, 6.07) is 7.84. The third kappa shape index (κ3) is 2.76. The molecule has 2 aromatic rings. The summed E-state index contributed by atoms with van der Waals surface area (Å²) >= 11 is 0. The van der Waals surface area contributed by atoms with E-state index in [4.69, 9.17) is 9.15 Å². The van der Waals surface area contributed by atoms with Crippen molar-refractivity contribution in [1.29, 1.82) is 0 Å². The largest absolute Gasteiger partial charge is 0.442 e. The van der Waals surface area contributed by atoms with Gasteiger partial charge < -0.3 is 9.15 Å². The van der Waals surface area contributed by atoms with Crippen LogP contribution in [0.3, 0.4) is 0 Å². The second-order valence-electron chi connectivity index (χ2n) is 4.68. The molecule has 0 spiro atoms. The van der Waals surface area contributed by atoms with E-state index in [9.17, 15) is 19.3 Å². The molecule has 1 amide bonds. The fourth-order valence-corrected chi connectivity index (χ4v) is 2.03. The SMILES string of the molecule is CC(=O)N1N=C(c2ccc(F)cc2)OC1c1ccc([N+](=O)[O-])o1. The van der Waals surface area contributed by atoms with Gasteiger partial charge in [0.05, 0.1) is 6.07 Å². The summed E-state index contributed by atoms with van der Waals surface area (Å²) in [7, 11) is 0. The molecule has 1 aromatic heterocycles. The second kappa shape index (κ2) is 5.52. The Morgan fingerprint density at radius 1 is 1.30 bits per heavy atom. The number of nitrogens with zero attached hydrogens (tertiary/aromatic N) is 3. The molecule has 1 atom stereocenters. The van der Waals surface area contributed by atoms with Gasteiger partial charge >= 0.3 is 5.88 Å². The van der Waals surface area contributed by atoms with Gasteiger partial charge in [-0.05, 0) is 30.3 Å². The van der Waals surface area contributed by atoms with Crippen molar-refractivity contribution in [3.63, 3.8) is 0 Å². The molecule has 0 saturated carbocycles. The summed E-state index contributed by atoms with van der Waals surface area (Å²) in [6.07, 6.45) is -1.05. The van der Waals surface area contributed by atoms with E-state index >= 15 is 0 Å². The third-order valence-corrected chi connectivity index (χ3v) is 3.09. The second-order valence-corrected chi connectivity index (χ2v) is 4.68. The maximum absolute atomic E-state index is 13.0. The lowest BCUT2D eigenvalue weighted by Crippen LogP contribution is -2.24. The third-order valence-electron chi connectivity index (χ3n) is 3.09. The first-order valence-electron chi connectivity index (χ1n) is 6.51. The lowest BCUT2D eigenvalue weighted by Gasteiger charge is -2.16. The van der Waals surface area contributed by atoms with Crippen molar-refractivity contribution in [3.8, 4) is 0 Å². The van der Waals surface area contributed by atoms with Crippen LogP contribution in [-0.4, -0.2) is 21.7 Å². The number of ether oxygens (including phenoxy) is 1. The highest BCUT2D eigenvalue weighted by atomic mass is 19.1. The Bertz CT molecular complexity index is 799. The minimum atomic E-state index is -1.05. The van der Waals surface area contributed by atoms with Crippen molar-refractivity contribution in [2.24, 2.45) is 5.10 Å². The predicted molar refractivity (Wildman–Crippen MR) is 74.6 cm³/mol. The zero-order valence-electron chi connectivity index (χ0n) is 11.8. The summed E-state index contributed by atoms with van der Waals surface area (Å²) in [6.45, 7) is 1.27. The topological polar surface area (TPSA) is 98.2 Å². The molecule has 0 fully saturated rings. The van der Waals surface area contributed by atoms with Crippen LogP contribution in [0.1, 0.15) is 24.5 Å². The van der Waals surface area contributed by atoms with Gasteiger partial charge in [0.2, 0.25) is 11.8 Å². The molecule has 1 unspecified atom stereocenters. The van der Waals surface area contributed by atoms with Crippen LogP contribution in [0.15, 0.2) is 45.9 Å². The normalized spacial score (nSPS) is 16.9. The highest BCUT2D eigenvalue weighted by Gasteiger charge is 2.36. The van der Waals surface area contributed by atoms with Gasteiger partial charge in [-0.1, -0.05) is 0 Å². The standard InChI is InChI=1S/C14H10FN3O5/c1-8(19)17-14(11-6-7-12(22-11)18(20)21)23-13(16-17)9-2-4-10(15)5-3-9/h2-7,14H,1H3. The number of nitro groups is 1. The molecule has 2 heterocycles. The van der Waals surface area contributed by atoms with E-state index < -0.39 is 28.8 Å². The first kappa shape index (κ1) is 14.7. The van der Waals surface area contributed by atoms with Crippen molar-refractivity contribution in [2.45, 2.75) is 13.2 Å². The number of furan rings is 1. The fraction of sp³-hybridized carbons (Fsp3) is 0.143. The van der Waals surface area contributed by atoms with Gasteiger partial charge in [0.15, 0.2) is 5.76 Å². The number of halogens is 1. The molecule has 1 aliphatic rings. The molecule has 0 bridgehead atoms. The summed E-state index contributed by atoms with van der Waals surface area (Å²) in [5, 5.41) is 15.7. The predicted octanol–water partition coefficient (Wildman–Crippen LogP) is 2.57. The van der Waals surface area contributed by atoms with Gasteiger partial charge in [-0.15, -0.1) is 5.10 Å². The van der Waals surface area contributed by atoms with Gasteiger partial charge in [-0.3, -0.25) is 14.9 Å². The van der Waals surface area contributed by atoms with E-state index in [0.29, 0.717) is 5.56 Å². The number of carbonyl (C=O) groups excluding carboxylic acids is 1. The Hall–Kier alpha value is -3.23. The molecule has 3 rings (SSSR count). The Balaban J connectivity index is 1.91. The lowest BCUT2D eigenvalue weighted by atomic mass is 10.2. The summed E-state index contributed by atoms with van der Waals surface area (Å²) in [5.41, 5.74) is 0.459. The van der Waals surface area contributed by atoms with E-state index in [2.05, 4.69) is 5.10 Å². The van der Waals surface area contributed by atoms with Crippen LogP contribution in [0.4, 0.5) is 10.3 Å². The molecule has 8 nitrogen and oxygen atoms in total. The van der Waals surface area contributed by atoms with E-state index in [1.165, 1.54) is 37.3 Å². The van der Waals surface area contributed by atoms with Crippen LogP contribution in [0, 0.1) is 15.9 Å². The van der Waals surface area contributed by atoms with Crippen LogP contribution in [-0.2, 0) is 9.53 Å². The van der Waals surface area contributed by atoms with E-state index in [-0.39, 0.29) is 11.7 Å². The van der Waals surface area contributed by atoms with Crippen molar-refractivity contribution in [3.05, 3.63) is 63.7 Å². The number of hydrazone groups is 1. The van der Waals surface area contributed by atoms with Gasteiger partial charge in [0.1, 0.15) is 10.7 Å².